The molecule has 2 aliphatic rings. The van der Waals surface area contributed by atoms with Crippen LogP contribution in [0.3, 0.4) is 0 Å². The normalized spacial score (nSPS) is 30.2. The van der Waals surface area contributed by atoms with Gasteiger partial charge in [-0.2, -0.15) is 0 Å². The summed E-state index contributed by atoms with van der Waals surface area (Å²) in [7, 11) is 0. The van der Waals surface area contributed by atoms with Gasteiger partial charge in [0.2, 0.25) is 0 Å². The Balaban J connectivity index is 1.84. The van der Waals surface area contributed by atoms with Gasteiger partial charge in [-0.3, -0.25) is 4.79 Å². The molecule has 3 rings (SSSR count). The van der Waals surface area contributed by atoms with Crippen LogP contribution in [0.15, 0.2) is 41.1 Å². The first-order valence-electron chi connectivity index (χ1n) is 6.08. The molecule has 0 aliphatic carbocycles. The van der Waals surface area contributed by atoms with Crippen molar-refractivity contribution in [3.8, 4) is 0 Å². The zero-order valence-electron chi connectivity index (χ0n) is 10.6. The molecular formula is C13H12N2O3S2. The molecule has 0 bridgehead atoms. The highest BCUT2D eigenvalue weighted by Crippen LogP contribution is 2.51. The highest BCUT2D eigenvalue weighted by molar-refractivity contribution is 8.17. The van der Waals surface area contributed by atoms with E-state index in [1.807, 2.05) is 18.2 Å². The zero-order chi connectivity index (χ0) is 14.3. The van der Waals surface area contributed by atoms with Crippen LogP contribution in [-0.4, -0.2) is 42.9 Å². The van der Waals surface area contributed by atoms with Crippen molar-refractivity contribution >= 4 is 35.4 Å². The molecule has 0 spiro atoms. The minimum Gasteiger partial charge on any atom is -0.480 e. The van der Waals surface area contributed by atoms with E-state index in [4.69, 9.17) is 0 Å². The van der Waals surface area contributed by atoms with Crippen LogP contribution in [-0.2, 0) is 9.59 Å². The Morgan fingerprint density at radius 1 is 1.55 bits per heavy atom. The predicted octanol–water partition coefficient (Wildman–Crippen LogP) is 1.81. The van der Waals surface area contributed by atoms with Crippen molar-refractivity contribution in [2.24, 2.45) is 0 Å². The highest BCUT2D eigenvalue weighted by atomic mass is 32.2. The molecule has 0 aromatic carbocycles. The molecule has 5 nitrogen and oxygen atoms in total. The third-order valence-corrected chi connectivity index (χ3v) is 6.12. The summed E-state index contributed by atoms with van der Waals surface area (Å²) < 4.78 is -0.242. The predicted molar refractivity (Wildman–Crippen MR) is 77.3 cm³/mol. The summed E-state index contributed by atoms with van der Waals surface area (Å²) in [5.74, 6) is -1.13. The summed E-state index contributed by atoms with van der Waals surface area (Å²) in [6.07, 6.45) is 3.44. The fourth-order valence-electron chi connectivity index (χ4n) is 2.32. The van der Waals surface area contributed by atoms with Gasteiger partial charge in [-0.25, -0.2) is 9.78 Å². The third kappa shape index (κ3) is 2.01. The Morgan fingerprint density at radius 2 is 2.35 bits per heavy atom. The van der Waals surface area contributed by atoms with Gasteiger partial charge in [0.15, 0.2) is 6.04 Å². The summed E-state index contributed by atoms with van der Waals surface area (Å²) in [6.45, 7) is 1.81. The average Bonchev–Trinajstić information content (AvgIpc) is 2.76. The number of carboxylic acid groups (broad SMARTS) is 1. The van der Waals surface area contributed by atoms with Crippen LogP contribution in [0.2, 0.25) is 0 Å². The first kappa shape index (κ1) is 13.5. The number of β-lactam (4-membered cyclic amide) rings is 1. The molecule has 2 saturated heterocycles. The monoisotopic (exact) mass is 308 g/mol. The lowest BCUT2D eigenvalue weighted by Crippen LogP contribution is -2.56. The molecule has 3 heterocycles. The molecule has 2 unspecified atom stereocenters. The topological polar surface area (TPSA) is 70.5 Å². The van der Waals surface area contributed by atoms with Gasteiger partial charge < -0.3 is 10.0 Å². The number of amides is 1. The smallest absolute Gasteiger partial charge is 0.328 e. The third-order valence-electron chi connectivity index (χ3n) is 3.26. The molecule has 3 atom stereocenters. The van der Waals surface area contributed by atoms with Crippen molar-refractivity contribution < 1.29 is 14.7 Å². The van der Waals surface area contributed by atoms with Crippen LogP contribution in [0.1, 0.15) is 6.92 Å². The summed E-state index contributed by atoms with van der Waals surface area (Å²) >= 11 is 2.91. The highest BCUT2D eigenvalue weighted by Gasteiger charge is 2.58. The maximum atomic E-state index is 11.9. The molecule has 104 valence electrons. The van der Waals surface area contributed by atoms with E-state index in [-0.39, 0.29) is 15.9 Å². The van der Waals surface area contributed by atoms with Crippen molar-refractivity contribution in [1.29, 1.82) is 0 Å². The lowest BCUT2D eigenvalue weighted by Gasteiger charge is -2.38. The summed E-state index contributed by atoms with van der Waals surface area (Å²) in [4.78, 5) is 29.1. The molecule has 1 aromatic heterocycles. The number of aliphatic carboxylic acids is 1. The van der Waals surface area contributed by atoms with Crippen molar-refractivity contribution in [2.45, 2.75) is 27.9 Å². The molecule has 1 N–H and O–H groups in total. The largest absolute Gasteiger partial charge is 0.480 e. The Kier molecular flexibility index (Phi) is 3.47. The van der Waals surface area contributed by atoms with Gasteiger partial charge in [-0.1, -0.05) is 23.9 Å². The summed E-state index contributed by atoms with van der Waals surface area (Å²) in [5, 5.41) is 10.0. The lowest BCUT2D eigenvalue weighted by molar-refractivity contribution is -0.151. The Hall–Kier alpha value is -1.47. The minimum atomic E-state index is -0.961. The number of nitrogens with zero attached hydrogens (tertiary/aromatic N) is 2. The Bertz CT molecular complexity index is 591. The van der Waals surface area contributed by atoms with Crippen LogP contribution in [0, 0.1) is 0 Å². The van der Waals surface area contributed by atoms with E-state index in [1.165, 1.54) is 28.4 Å². The van der Waals surface area contributed by atoms with Crippen molar-refractivity contribution in [1.82, 2.24) is 9.88 Å². The number of allylic oxidation sites excluding steroid dienone is 1. The van der Waals surface area contributed by atoms with E-state index < -0.39 is 12.0 Å². The second-order valence-electron chi connectivity index (χ2n) is 4.38. The molecule has 20 heavy (non-hydrogen) atoms. The van der Waals surface area contributed by atoms with E-state index in [0.29, 0.717) is 5.57 Å². The number of carbonyl (C=O) groups is 2. The Labute approximate surface area is 124 Å². The SMILES string of the molecule is C/C=C1\C(=O)N2C(C(=O)O)C(Sc3ccccn3)S[C@H]12. The average molecular weight is 308 g/mol. The van der Waals surface area contributed by atoms with Crippen LogP contribution in [0.25, 0.3) is 0 Å². The number of rotatable bonds is 3. The van der Waals surface area contributed by atoms with E-state index in [1.54, 1.807) is 19.2 Å². The molecule has 7 heteroatoms. The van der Waals surface area contributed by atoms with E-state index in [9.17, 15) is 14.7 Å². The van der Waals surface area contributed by atoms with E-state index in [2.05, 4.69) is 4.98 Å². The maximum absolute atomic E-state index is 11.9. The molecule has 1 amide bonds. The van der Waals surface area contributed by atoms with Gasteiger partial charge in [0.05, 0.1) is 9.61 Å². The molecule has 2 aliphatic heterocycles. The van der Waals surface area contributed by atoms with E-state index >= 15 is 0 Å². The van der Waals surface area contributed by atoms with Crippen LogP contribution in [0.5, 0.6) is 0 Å². The number of thioether (sulfide) groups is 2. The fraction of sp³-hybridized carbons (Fsp3) is 0.308. The Morgan fingerprint density at radius 3 is 2.95 bits per heavy atom. The molecule has 0 saturated carbocycles. The molecule has 2 fully saturated rings. The lowest BCUT2D eigenvalue weighted by atomic mass is 10.0. The van der Waals surface area contributed by atoms with Gasteiger partial charge in [0.1, 0.15) is 5.37 Å². The number of carbonyl (C=O) groups excluding carboxylic acids is 1. The van der Waals surface area contributed by atoms with Gasteiger partial charge in [-0.15, -0.1) is 11.8 Å². The standard InChI is InChI=1S/C13H12N2O3S2/c1-2-7-10(16)15-9(12(17)18)13(20-11(7)15)19-8-5-3-4-6-14-8/h2-6,9,11,13H,1H3,(H,17,18)/b7-2+/t9?,11-,13?/m1/s1. The second kappa shape index (κ2) is 5.14. The summed E-state index contributed by atoms with van der Waals surface area (Å²) in [6, 6.07) is 4.73. The first-order chi connectivity index (χ1) is 9.63. The van der Waals surface area contributed by atoms with Crippen molar-refractivity contribution in [3.63, 3.8) is 0 Å². The summed E-state index contributed by atoms with van der Waals surface area (Å²) in [5.41, 5.74) is 0.699. The van der Waals surface area contributed by atoms with Crippen LogP contribution in [0.4, 0.5) is 0 Å². The van der Waals surface area contributed by atoms with Gasteiger partial charge in [-0.05, 0) is 19.1 Å². The quantitative estimate of drug-likeness (QED) is 0.678. The minimum absolute atomic E-state index is 0.130. The number of hydrogen-bond donors (Lipinski definition) is 1. The van der Waals surface area contributed by atoms with Gasteiger partial charge >= 0.3 is 5.97 Å². The van der Waals surface area contributed by atoms with Gasteiger partial charge in [0, 0.05) is 11.8 Å². The second-order valence-corrected chi connectivity index (χ2v) is 7.07. The van der Waals surface area contributed by atoms with Crippen molar-refractivity contribution in [3.05, 3.63) is 36.0 Å². The molecule has 1 aromatic rings. The first-order valence-corrected chi connectivity index (χ1v) is 7.90. The number of carboxylic acids is 1. The van der Waals surface area contributed by atoms with E-state index in [0.717, 1.165) is 5.03 Å². The van der Waals surface area contributed by atoms with Gasteiger partial charge in [0.25, 0.3) is 5.91 Å². The zero-order valence-corrected chi connectivity index (χ0v) is 12.2. The number of pyridine rings is 1. The van der Waals surface area contributed by atoms with Crippen molar-refractivity contribution in [2.75, 3.05) is 0 Å². The fourth-order valence-corrected chi connectivity index (χ4v) is 5.44. The van der Waals surface area contributed by atoms with Crippen LogP contribution >= 0.6 is 23.5 Å². The van der Waals surface area contributed by atoms with Crippen LogP contribution < -0.4 is 0 Å². The number of fused-ring (bicyclic) bond motifs is 1. The maximum Gasteiger partial charge on any atom is 0.328 e. The molecular weight excluding hydrogens is 296 g/mol. The number of hydrogen-bond acceptors (Lipinski definition) is 5. The number of aromatic nitrogens is 1. The molecule has 0 radical (unpaired) electrons.